The van der Waals surface area contributed by atoms with Gasteiger partial charge in [0.25, 0.3) is 0 Å². The highest BCUT2D eigenvalue weighted by molar-refractivity contribution is 5.78. The molecule has 0 aromatic heterocycles. The van der Waals surface area contributed by atoms with Gasteiger partial charge in [0, 0.05) is 6.54 Å². The maximum Gasteiger partial charge on any atom is 0.224 e. The van der Waals surface area contributed by atoms with Gasteiger partial charge in [-0.05, 0) is 24.8 Å². The fraction of sp³-hybridized carbons (Fsp3) is 0.533. The van der Waals surface area contributed by atoms with Crippen LogP contribution in [0.5, 0.6) is 0 Å². The van der Waals surface area contributed by atoms with Crippen LogP contribution in [-0.2, 0) is 11.2 Å². The largest absolute Gasteiger partial charge is 0.388 e. The molecule has 0 heterocycles. The van der Waals surface area contributed by atoms with Gasteiger partial charge in [-0.15, -0.1) is 0 Å². The van der Waals surface area contributed by atoms with E-state index in [4.69, 9.17) is 0 Å². The van der Waals surface area contributed by atoms with E-state index in [0.717, 1.165) is 5.56 Å². The summed E-state index contributed by atoms with van der Waals surface area (Å²) in [5.41, 5.74) is 0.152. The molecule has 0 saturated heterocycles. The number of rotatable bonds is 6. The van der Waals surface area contributed by atoms with E-state index in [1.54, 1.807) is 6.92 Å². The van der Waals surface area contributed by atoms with Gasteiger partial charge < -0.3 is 10.4 Å². The molecule has 100 valence electrons. The Kier molecular flexibility index (Phi) is 5.35. The summed E-state index contributed by atoms with van der Waals surface area (Å²) in [6.07, 6.45) is 1.04. The third-order valence-electron chi connectivity index (χ3n) is 2.72. The molecule has 3 nitrogen and oxygen atoms in total. The van der Waals surface area contributed by atoms with E-state index in [0.29, 0.717) is 25.3 Å². The van der Waals surface area contributed by atoms with Crippen molar-refractivity contribution in [2.75, 3.05) is 6.54 Å². The number of carbonyl (C=O) groups is 1. The van der Waals surface area contributed by atoms with Gasteiger partial charge in [-0.25, -0.2) is 0 Å². The number of aliphatic hydroxyl groups is 1. The maximum absolute atomic E-state index is 11.7. The van der Waals surface area contributed by atoms with Gasteiger partial charge in [-0.3, -0.25) is 4.79 Å². The van der Waals surface area contributed by atoms with Crippen LogP contribution in [0, 0.1) is 5.92 Å². The second-order valence-electron chi connectivity index (χ2n) is 5.53. The van der Waals surface area contributed by atoms with Gasteiger partial charge in [0.2, 0.25) is 5.91 Å². The fourth-order valence-electron chi connectivity index (χ4n) is 2.08. The highest BCUT2D eigenvalue weighted by atomic mass is 16.3. The zero-order valence-corrected chi connectivity index (χ0v) is 11.4. The van der Waals surface area contributed by atoms with Gasteiger partial charge in [0.15, 0.2) is 0 Å². The molecule has 1 rings (SSSR count). The third kappa shape index (κ3) is 5.82. The molecule has 0 fully saturated rings. The van der Waals surface area contributed by atoms with Crippen molar-refractivity contribution in [3.63, 3.8) is 0 Å². The highest BCUT2D eigenvalue weighted by Gasteiger charge is 2.22. The van der Waals surface area contributed by atoms with Gasteiger partial charge in [-0.2, -0.15) is 0 Å². The van der Waals surface area contributed by atoms with E-state index in [-0.39, 0.29) is 5.91 Å². The first-order chi connectivity index (χ1) is 8.39. The molecule has 3 heteroatoms. The van der Waals surface area contributed by atoms with Crippen LogP contribution < -0.4 is 5.32 Å². The zero-order chi connectivity index (χ0) is 13.6. The molecule has 0 aliphatic rings. The molecule has 1 aromatic rings. The fourth-order valence-corrected chi connectivity index (χ4v) is 2.08. The molecule has 0 aliphatic carbocycles. The lowest BCUT2D eigenvalue weighted by molar-refractivity contribution is -0.121. The van der Waals surface area contributed by atoms with E-state index < -0.39 is 5.60 Å². The number of nitrogens with one attached hydrogen (secondary N) is 1. The Morgan fingerprint density at radius 1 is 1.33 bits per heavy atom. The van der Waals surface area contributed by atoms with Crippen LogP contribution in [0.15, 0.2) is 30.3 Å². The molecular weight excluding hydrogens is 226 g/mol. The third-order valence-corrected chi connectivity index (χ3v) is 2.72. The molecule has 2 N–H and O–H groups in total. The number of benzene rings is 1. The molecular formula is C15H23NO2. The summed E-state index contributed by atoms with van der Waals surface area (Å²) in [6.45, 7) is 6.17. The molecule has 0 aliphatic heterocycles. The predicted molar refractivity (Wildman–Crippen MR) is 73.2 cm³/mol. The maximum atomic E-state index is 11.7. The van der Waals surface area contributed by atoms with Crippen LogP contribution in [-0.4, -0.2) is 23.2 Å². The molecule has 18 heavy (non-hydrogen) atoms. The Labute approximate surface area is 109 Å². The molecule has 1 amide bonds. The van der Waals surface area contributed by atoms with Crippen LogP contribution in [0.2, 0.25) is 0 Å². The average Bonchev–Trinajstić information content (AvgIpc) is 2.26. The average molecular weight is 249 g/mol. The van der Waals surface area contributed by atoms with Crippen molar-refractivity contribution >= 4 is 5.91 Å². The predicted octanol–water partition coefficient (Wildman–Crippen LogP) is 2.14. The molecule has 0 radical (unpaired) electrons. The van der Waals surface area contributed by atoms with Crippen molar-refractivity contribution in [3.8, 4) is 0 Å². The van der Waals surface area contributed by atoms with Crippen LogP contribution >= 0.6 is 0 Å². The molecule has 1 unspecified atom stereocenters. The van der Waals surface area contributed by atoms with Gasteiger partial charge in [-0.1, -0.05) is 44.2 Å². The van der Waals surface area contributed by atoms with Crippen LogP contribution in [0.4, 0.5) is 0 Å². The summed E-state index contributed by atoms with van der Waals surface area (Å²) in [5.74, 6) is 0.358. The lowest BCUT2D eigenvalue weighted by atomic mass is 9.94. The summed E-state index contributed by atoms with van der Waals surface area (Å²) in [5, 5.41) is 12.9. The quantitative estimate of drug-likeness (QED) is 0.811. The highest BCUT2D eigenvalue weighted by Crippen LogP contribution is 2.15. The van der Waals surface area contributed by atoms with Gasteiger partial charge in [0.05, 0.1) is 12.0 Å². The minimum atomic E-state index is -0.833. The molecule has 0 spiro atoms. The summed E-state index contributed by atoms with van der Waals surface area (Å²) in [7, 11) is 0. The lowest BCUT2D eigenvalue weighted by Crippen LogP contribution is -2.42. The van der Waals surface area contributed by atoms with Crippen LogP contribution in [0.3, 0.4) is 0 Å². The minimum absolute atomic E-state index is 0.0507. The van der Waals surface area contributed by atoms with Crippen LogP contribution in [0.25, 0.3) is 0 Å². The Balaban J connectivity index is 2.37. The standard InChI is InChI=1S/C15H23NO2/c1-12(2)10-15(3,18)11-16-14(17)9-13-7-5-4-6-8-13/h4-8,12,18H,9-11H2,1-3H3,(H,16,17). The van der Waals surface area contributed by atoms with Crippen molar-refractivity contribution in [1.82, 2.24) is 5.32 Å². The normalized spacial score (nSPS) is 14.3. The van der Waals surface area contributed by atoms with E-state index in [1.807, 2.05) is 30.3 Å². The van der Waals surface area contributed by atoms with E-state index in [9.17, 15) is 9.90 Å². The number of amides is 1. The summed E-state index contributed by atoms with van der Waals surface area (Å²) in [4.78, 5) is 11.7. The summed E-state index contributed by atoms with van der Waals surface area (Å²) in [6, 6.07) is 9.60. The molecule has 1 aromatic carbocycles. The first kappa shape index (κ1) is 14.7. The first-order valence-corrected chi connectivity index (χ1v) is 6.42. The Morgan fingerprint density at radius 3 is 2.50 bits per heavy atom. The number of carbonyl (C=O) groups excluding carboxylic acids is 1. The molecule has 1 atom stereocenters. The van der Waals surface area contributed by atoms with Gasteiger partial charge >= 0.3 is 0 Å². The molecule has 0 saturated carbocycles. The first-order valence-electron chi connectivity index (χ1n) is 6.42. The zero-order valence-electron chi connectivity index (χ0n) is 11.4. The molecule has 0 bridgehead atoms. The Bertz CT molecular complexity index is 371. The Morgan fingerprint density at radius 2 is 1.94 bits per heavy atom. The van der Waals surface area contributed by atoms with Gasteiger partial charge in [0.1, 0.15) is 0 Å². The smallest absolute Gasteiger partial charge is 0.224 e. The van der Waals surface area contributed by atoms with Crippen molar-refractivity contribution in [2.45, 2.75) is 39.2 Å². The Hall–Kier alpha value is -1.35. The lowest BCUT2D eigenvalue weighted by Gasteiger charge is -2.25. The number of hydrogen-bond acceptors (Lipinski definition) is 2. The number of hydrogen-bond donors (Lipinski definition) is 2. The van der Waals surface area contributed by atoms with Crippen molar-refractivity contribution < 1.29 is 9.90 Å². The monoisotopic (exact) mass is 249 g/mol. The summed E-state index contributed by atoms with van der Waals surface area (Å²) >= 11 is 0. The second kappa shape index (κ2) is 6.55. The minimum Gasteiger partial charge on any atom is -0.388 e. The van der Waals surface area contributed by atoms with Crippen molar-refractivity contribution in [3.05, 3.63) is 35.9 Å². The summed E-state index contributed by atoms with van der Waals surface area (Å²) < 4.78 is 0. The van der Waals surface area contributed by atoms with Crippen LogP contribution in [0.1, 0.15) is 32.8 Å². The topological polar surface area (TPSA) is 49.3 Å². The van der Waals surface area contributed by atoms with Crippen molar-refractivity contribution in [1.29, 1.82) is 0 Å². The van der Waals surface area contributed by atoms with E-state index in [2.05, 4.69) is 19.2 Å². The van der Waals surface area contributed by atoms with Crippen molar-refractivity contribution in [2.24, 2.45) is 5.92 Å². The van der Waals surface area contributed by atoms with E-state index >= 15 is 0 Å². The second-order valence-corrected chi connectivity index (χ2v) is 5.53. The van der Waals surface area contributed by atoms with E-state index in [1.165, 1.54) is 0 Å². The SMILES string of the molecule is CC(C)CC(C)(O)CNC(=O)Cc1ccccc1.